The highest BCUT2D eigenvalue weighted by atomic mass is 35.5. The van der Waals surface area contributed by atoms with Crippen LogP contribution in [-0.2, 0) is 11.3 Å². The Kier molecular flexibility index (Phi) is 5.55. The number of fused-ring (bicyclic) bond motifs is 1. The van der Waals surface area contributed by atoms with Crippen molar-refractivity contribution in [3.63, 3.8) is 0 Å². The van der Waals surface area contributed by atoms with Crippen molar-refractivity contribution >= 4 is 28.4 Å². The van der Waals surface area contributed by atoms with Gasteiger partial charge < -0.3 is 10.2 Å². The van der Waals surface area contributed by atoms with Crippen molar-refractivity contribution in [1.82, 2.24) is 19.8 Å². The van der Waals surface area contributed by atoms with Crippen LogP contribution in [0.2, 0.25) is 5.02 Å². The second kappa shape index (κ2) is 7.84. The molecule has 0 aliphatic carbocycles. The molecule has 1 aromatic heterocycles. The van der Waals surface area contributed by atoms with Gasteiger partial charge in [-0.2, -0.15) is 0 Å². The lowest BCUT2D eigenvalue weighted by Gasteiger charge is -2.26. The lowest BCUT2D eigenvalue weighted by molar-refractivity contribution is -0.121. The maximum atomic E-state index is 12.2. The second-order valence-corrected chi connectivity index (χ2v) is 6.64. The fraction of sp³-hybridized carbons (Fsp3) is 0.471. The first kappa shape index (κ1) is 17.7. The summed E-state index contributed by atoms with van der Waals surface area (Å²) in [4.78, 5) is 40.8. The van der Waals surface area contributed by atoms with Crippen LogP contribution >= 0.6 is 11.6 Å². The predicted octanol–water partition coefficient (Wildman–Crippen LogP) is 0.945. The monoisotopic (exact) mass is 364 g/mol. The number of nitrogens with one attached hydrogen (secondary N) is 2. The van der Waals surface area contributed by atoms with Gasteiger partial charge in [0.2, 0.25) is 5.91 Å². The molecule has 1 aliphatic rings. The van der Waals surface area contributed by atoms with Crippen LogP contribution in [-0.4, -0.2) is 46.5 Å². The number of halogens is 1. The zero-order valence-electron chi connectivity index (χ0n) is 13.9. The average Bonchev–Trinajstić information content (AvgIpc) is 2.59. The maximum absolute atomic E-state index is 12.2. The van der Waals surface area contributed by atoms with Crippen molar-refractivity contribution in [3.05, 3.63) is 44.1 Å². The third kappa shape index (κ3) is 4.11. The van der Waals surface area contributed by atoms with E-state index in [1.54, 1.807) is 18.2 Å². The van der Waals surface area contributed by atoms with Crippen LogP contribution in [0.5, 0.6) is 0 Å². The van der Waals surface area contributed by atoms with Crippen molar-refractivity contribution < 1.29 is 4.79 Å². The van der Waals surface area contributed by atoms with Gasteiger partial charge in [0.15, 0.2) is 0 Å². The van der Waals surface area contributed by atoms with E-state index in [1.165, 1.54) is 23.8 Å². The highest BCUT2D eigenvalue weighted by Gasteiger charge is 2.14. The minimum absolute atomic E-state index is 0.160. The van der Waals surface area contributed by atoms with E-state index in [0.29, 0.717) is 12.1 Å². The van der Waals surface area contributed by atoms with Gasteiger partial charge >= 0.3 is 5.69 Å². The number of amides is 1. The number of hydrogen-bond acceptors (Lipinski definition) is 4. The molecule has 0 bridgehead atoms. The molecule has 1 aliphatic heterocycles. The van der Waals surface area contributed by atoms with E-state index < -0.39 is 11.2 Å². The zero-order valence-corrected chi connectivity index (χ0v) is 14.6. The van der Waals surface area contributed by atoms with E-state index in [0.717, 1.165) is 19.6 Å². The van der Waals surface area contributed by atoms with Gasteiger partial charge in [-0.1, -0.05) is 24.1 Å². The van der Waals surface area contributed by atoms with Crippen molar-refractivity contribution in [3.8, 4) is 0 Å². The van der Waals surface area contributed by atoms with Crippen LogP contribution in [0.25, 0.3) is 10.9 Å². The van der Waals surface area contributed by atoms with Crippen molar-refractivity contribution in [1.29, 1.82) is 0 Å². The molecule has 3 rings (SSSR count). The number of aromatic nitrogens is 2. The Balaban J connectivity index is 1.70. The lowest BCUT2D eigenvalue weighted by Crippen LogP contribution is -2.40. The quantitative estimate of drug-likeness (QED) is 0.826. The van der Waals surface area contributed by atoms with E-state index >= 15 is 0 Å². The number of aromatic amines is 1. The third-order valence-corrected chi connectivity index (χ3v) is 4.79. The standard InChI is InChI=1S/C17H21ClN4O3/c18-12-5-4-6-13-15(12)16(24)20-17(25)22(13)11-14(23)19-7-10-21-8-2-1-3-9-21/h4-6H,1-3,7-11H2,(H,19,23)(H,20,24,25). The molecule has 134 valence electrons. The third-order valence-electron chi connectivity index (χ3n) is 4.48. The van der Waals surface area contributed by atoms with Gasteiger partial charge in [-0.05, 0) is 38.1 Å². The van der Waals surface area contributed by atoms with Gasteiger partial charge in [0, 0.05) is 13.1 Å². The summed E-state index contributed by atoms with van der Waals surface area (Å²) in [5, 5.41) is 3.30. The Bertz CT molecular complexity index is 884. The summed E-state index contributed by atoms with van der Waals surface area (Å²) in [6, 6.07) is 4.83. The summed E-state index contributed by atoms with van der Waals surface area (Å²) in [6.07, 6.45) is 3.68. The largest absolute Gasteiger partial charge is 0.353 e. The molecule has 1 saturated heterocycles. The molecule has 1 fully saturated rings. The Morgan fingerprint density at radius 2 is 1.96 bits per heavy atom. The van der Waals surface area contributed by atoms with Crippen molar-refractivity contribution in [2.24, 2.45) is 0 Å². The highest BCUT2D eigenvalue weighted by Crippen LogP contribution is 2.18. The Morgan fingerprint density at radius 1 is 1.20 bits per heavy atom. The second-order valence-electron chi connectivity index (χ2n) is 6.23. The Morgan fingerprint density at radius 3 is 2.72 bits per heavy atom. The molecule has 7 nitrogen and oxygen atoms in total. The van der Waals surface area contributed by atoms with Gasteiger partial charge in [0.1, 0.15) is 6.54 Å². The van der Waals surface area contributed by atoms with Crippen LogP contribution in [0.1, 0.15) is 19.3 Å². The molecule has 2 aromatic rings. The van der Waals surface area contributed by atoms with E-state index in [9.17, 15) is 14.4 Å². The zero-order chi connectivity index (χ0) is 17.8. The molecule has 25 heavy (non-hydrogen) atoms. The predicted molar refractivity (Wildman–Crippen MR) is 97.1 cm³/mol. The lowest BCUT2D eigenvalue weighted by atomic mass is 10.1. The molecule has 0 atom stereocenters. The summed E-state index contributed by atoms with van der Waals surface area (Å²) in [6.45, 7) is 3.32. The van der Waals surface area contributed by atoms with Gasteiger partial charge in [-0.3, -0.25) is 19.1 Å². The van der Waals surface area contributed by atoms with E-state index in [4.69, 9.17) is 11.6 Å². The average molecular weight is 365 g/mol. The minimum atomic E-state index is -0.619. The van der Waals surface area contributed by atoms with Crippen molar-refractivity contribution in [2.75, 3.05) is 26.2 Å². The number of rotatable bonds is 5. The number of benzene rings is 1. The summed E-state index contributed by atoms with van der Waals surface area (Å²) in [7, 11) is 0. The molecular weight excluding hydrogens is 344 g/mol. The molecule has 0 spiro atoms. The number of carbonyl (C=O) groups excluding carboxylic acids is 1. The first-order valence-electron chi connectivity index (χ1n) is 8.46. The number of hydrogen-bond donors (Lipinski definition) is 2. The molecule has 0 saturated carbocycles. The molecule has 2 N–H and O–H groups in total. The van der Waals surface area contributed by atoms with E-state index in [2.05, 4.69) is 15.2 Å². The molecule has 1 aromatic carbocycles. The van der Waals surface area contributed by atoms with Crippen LogP contribution in [0.4, 0.5) is 0 Å². The maximum Gasteiger partial charge on any atom is 0.329 e. The van der Waals surface area contributed by atoms with Crippen molar-refractivity contribution in [2.45, 2.75) is 25.8 Å². The van der Waals surface area contributed by atoms with Crippen LogP contribution < -0.4 is 16.6 Å². The number of piperidine rings is 1. The van der Waals surface area contributed by atoms with Gasteiger partial charge in [-0.25, -0.2) is 4.79 Å². The van der Waals surface area contributed by atoms with Gasteiger partial charge in [0.05, 0.1) is 15.9 Å². The number of likely N-dealkylation sites (tertiary alicyclic amines) is 1. The number of carbonyl (C=O) groups is 1. The van der Waals surface area contributed by atoms with Gasteiger partial charge in [0.25, 0.3) is 5.56 Å². The normalized spacial score (nSPS) is 15.4. The Hall–Kier alpha value is -2.12. The SMILES string of the molecule is O=C(Cn1c(=O)[nH]c(=O)c2c(Cl)cccc21)NCCN1CCCCC1. The highest BCUT2D eigenvalue weighted by molar-refractivity contribution is 6.35. The summed E-state index contributed by atoms with van der Waals surface area (Å²) >= 11 is 6.05. The smallest absolute Gasteiger partial charge is 0.329 e. The summed E-state index contributed by atoms with van der Waals surface area (Å²) < 4.78 is 1.23. The molecule has 1 amide bonds. The van der Waals surface area contributed by atoms with Crippen LogP contribution in [0.3, 0.4) is 0 Å². The fourth-order valence-electron chi connectivity index (χ4n) is 3.19. The van der Waals surface area contributed by atoms with Crippen LogP contribution in [0, 0.1) is 0 Å². The molecular formula is C17H21ClN4O3. The molecule has 2 heterocycles. The number of H-pyrrole nitrogens is 1. The molecule has 8 heteroatoms. The topological polar surface area (TPSA) is 87.2 Å². The minimum Gasteiger partial charge on any atom is -0.353 e. The van der Waals surface area contributed by atoms with Gasteiger partial charge in [-0.15, -0.1) is 0 Å². The first-order valence-corrected chi connectivity index (χ1v) is 8.84. The molecule has 0 radical (unpaired) electrons. The van der Waals surface area contributed by atoms with E-state index in [-0.39, 0.29) is 22.9 Å². The fourth-order valence-corrected chi connectivity index (χ4v) is 3.45. The van der Waals surface area contributed by atoms with Crippen LogP contribution in [0.15, 0.2) is 27.8 Å². The summed E-state index contributed by atoms with van der Waals surface area (Å²) in [5.41, 5.74) is -0.814. The number of nitrogens with zero attached hydrogens (tertiary/aromatic N) is 2. The van der Waals surface area contributed by atoms with E-state index in [1.807, 2.05) is 0 Å². The summed E-state index contributed by atoms with van der Waals surface area (Å²) in [5.74, 6) is -0.271. The molecule has 0 unspecified atom stereocenters. The first-order chi connectivity index (χ1) is 12.1. The Labute approximate surface area is 149 Å².